The fraction of sp³-hybridized carbons (Fsp3) is 0.440. The minimum absolute atomic E-state index is 0.0175. The Labute approximate surface area is 173 Å². The van der Waals surface area contributed by atoms with Gasteiger partial charge in [0.15, 0.2) is 17.5 Å². The van der Waals surface area contributed by atoms with Gasteiger partial charge in [-0.25, -0.2) is 13.2 Å². The van der Waals surface area contributed by atoms with Crippen molar-refractivity contribution in [3.8, 4) is 0 Å². The van der Waals surface area contributed by atoms with Crippen molar-refractivity contribution < 1.29 is 17.9 Å². The molecule has 4 heteroatoms. The molecule has 0 aromatic heterocycles. The fourth-order valence-electron chi connectivity index (χ4n) is 3.00. The summed E-state index contributed by atoms with van der Waals surface area (Å²) in [6.07, 6.45) is 7.58. The first-order valence-corrected chi connectivity index (χ1v) is 10.2. The maximum Gasteiger partial charge on any atom is 0.166 e. The van der Waals surface area contributed by atoms with Crippen LogP contribution in [0.1, 0.15) is 58.1 Å². The molecule has 0 saturated carbocycles. The third-order valence-corrected chi connectivity index (χ3v) is 5.07. The van der Waals surface area contributed by atoms with Crippen LogP contribution in [0.5, 0.6) is 0 Å². The van der Waals surface area contributed by atoms with Crippen LogP contribution in [0.15, 0.2) is 54.6 Å². The Morgan fingerprint density at radius 2 is 1.79 bits per heavy atom. The molecule has 0 radical (unpaired) electrons. The summed E-state index contributed by atoms with van der Waals surface area (Å²) in [4.78, 5) is 0. The highest BCUT2D eigenvalue weighted by Gasteiger charge is 2.14. The van der Waals surface area contributed by atoms with Crippen LogP contribution in [0.25, 0.3) is 6.08 Å². The van der Waals surface area contributed by atoms with Crippen LogP contribution in [-0.4, -0.2) is 6.61 Å². The van der Waals surface area contributed by atoms with E-state index in [2.05, 4.69) is 20.1 Å². The van der Waals surface area contributed by atoms with E-state index in [4.69, 9.17) is 4.74 Å². The zero-order valence-electron chi connectivity index (χ0n) is 18.0. The van der Waals surface area contributed by atoms with Crippen LogP contribution in [0.3, 0.4) is 0 Å². The summed E-state index contributed by atoms with van der Waals surface area (Å²) in [6.45, 7) is 15.5. The Morgan fingerprint density at radius 3 is 2.41 bits per heavy atom. The summed E-state index contributed by atoms with van der Waals surface area (Å²) in [5, 5.41) is 0. The van der Waals surface area contributed by atoms with E-state index >= 15 is 0 Å². The van der Waals surface area contributed by atoms with Crippen molar-refractivity contribution in [2.75, 3.05) is 6.61 Å². The van der Waals surface area contributed by atoms with Crippen molar-refractivity contribution in [3.63, 3.8) is 0 Å². The number of allylic oxidation sites excluding steroid dienone is 4. The van der Waals surface area contributed by atoms with E-state index in [9.17, 15) is 13.2 Å². The van der Waals surface area contributed by atoms with Gasteiger partial charge in [0, 0.05) is 5.56 Å². The number of rotatable bonds is 12. The van der Waals surface area contributed by atoms with Gasteiger partial charge in [-0.05, 0) is 62.2 Å². The monoisotopic (exact) mass is 406 g/mol. The Kier molecular flexibility index (Phi) is 10.6. The molecule has 0 spiro atoms. The minimum atomic E-state index is -0.791. The molecule has 0 aliphatic rings. The largest absolute Gasteiger partial charge is 0.491 e. The maximum atomic E-state index is 14.2. The highest BCUT2D eigenvalue weighted by Crippen LogP contribution is 2.25. The molecule has 0 saturated heterocycles. The summed E-state index contributed by atoms with van der Waals surface area (Å²) in [6, 6.07) is 3.27. The van der Waals surface area contributed by atoms with Crippen molar-refractivity contribution in [3.05, 3.63) is 77.4 Å². The predicted molar refractivity (Wildman–Crippen MR) is 116 cm³/mol. The summed E-state index contributed by atoms with van der Waals surface area (Å²) >= 11 is 0. The van der Waals surface area contributed by atoms with Crippen molar-refractivity contribution in [2.45, 2.75) is 53.4 Å². The lowest BCUT2D eigenvalue weighted by atomic mass is 9.89. The molecule has 0 aliphatic heterocycles. The van der Waals surface area contributed by atoms with E-state index in [0.29, 0.717) is 30.1 Å². The van der Waals surface area contributed by atoms with Crippen LogP contribution in [0, 0.1) is 23.5 Å². The van der Waals surface area contributed by atoms with Gasteiger partial charge in [-0.1, -0.05) is 57.7 Å². The lowest BCUT2D eigenvalue weighted by Crippen LogP contribution is -2.05. The first-order chi connectivity index (χ1) is 13.7. The molecular formula is C25H33F3O. The Bertz CT molecular complexity index is 762. The highest BCUT2D eigenvalue weighted by molar-refractivity contribution is 5.50. The zero-order valence-corrected chi connectivity index (χ0v) is 18.0. The van der Waals surface area contributed by atoms with E-state index in [1.807, 2.05) is 6.92 Å². The first-order valence-electron chi connectivity index (χ1n) is 10.2. The molecule has 2 atom stereocenters. The van der Waals surface area contributed by atoms with E-state index in [1.54, 1.807) is 38.1 Å². The summed E-state index contributed by atoms with van der Waals surface area (Å²) in [5.74, 6) is -1.60. The average Bonchev–Trinajstić information content (AvgIpc) is 2.69. The first kappa shape index (κ1) is 24.8. The second-order valence-electron chi connectivity index (χ2n) is 7.49. The van der Waals surface area contributed by atoms with Crippen molar-refractivity contribution in [1.29, 1.82) is 0 Å². The molecule has 0 N–H and O–H groups in total. The molecule has 1 aromatic carbocycles. The van der Waals surface area contributed by atoms with Crippen molar-refractivity contribution in [2.24, 2.45) is 11.8 Å². The van der Waals surface area contributed by atoms with Gasteiger partial charge in [0.1, 0.15) is 5.76 Å². The smallest absolute Gasteiger partial charge is 0.166 e. The van der Waals surface area contributed by atoms with Gasteiger partial charge in [0.25, 0.3) is 0 Å². The fourth-order valence-corrected chi connectivity index (χ4v) is 3.00. The van der Waals surface area contributed by atoms with Crippen LogP contribution in [0.4, 0.5) is 13.2 Å². The van der Waals surface area contributed by atoms with Gasteiger partial charge in [-0.2, -0.15) is 0 Å². The second kappa shape index (κ2) is 12.4. The maximum absolute atomic E-state index is 14.2. The van der Waals surface area contributed by atoms with Crippen LogP contribution in [-0.2, 0) is 11.2 Å². The molecule has 0 bridgehead atoms. The standard InChI is InChI=1S/C25H33F3O/c1-7-9-21-14-15-22(25(28)24(21)27)13-11-17(3)10-12-18(4)19(5)16-23(26)20(6)29-8-2/h7,9,14-18H,5-6,8,10-13H2,1-4H3/b9-7+,23-16+. The quantitative estimate of drug-likeness (QED) is 0.253. The van der Waals surface area contributed by atoms with Crippen LogP contribution < -0.4 is 0 Å². The molecule has 0 aliphatic carbocycles. The van der Waals surface area contributed by atoms with Gasteiger partial charge < -0.3 is 4.74 Å². The molecule has 160 valence electrons. The van der Waals surface area contributed by atoms with Gasteiger partial charge in [-0.3, -0.25) is 0 Å². The molecular weight excluding hydrogens is 373 g/mol. The van der Waals surface area contributed by atoms with Crippen molar-refractivity contribution >= 4 is 6.08 Å². The zero-order chi connectivity index (χ0) is 22.0. The van der Waals surface area contributed by atoms with E-state index in [1.165, 1.54) is 6.08 Å². The lowest BCUT2D eigenvalue weighted by molar-refractivity contribution is 0.226. The summed E-state index contributed by atoms with van der Waals surface area (Å²) < 4.78 is 47.3. The van der Waals surface area contributed by atoms with Crippen molar-refractivity contribution in [1.82, 2.24) is 0 Å². The third kappa shape index (κ3) is 7.96. The predicted octanol–water partition coefficient (Wildman–Crippen LogP) is 7.94. The lowest BCUT2D eigenvalue weighted by Gasteiger charge is -2.17. The van der Waals surface area contributed by atoms with E-state index in [0.717, 1.165) is 19.3 Å². The Balaban J connectivity index is 2.54. The number of aryl methyl sites for hydroxylation is 1. The SMILES string of the molecule is C=C(OCC)/C(F)=C\C(=C)C(C)CCC(C)CCc1ccc(/C=C/C)c(F)c1F. The van der Waals surface area contributed by atoms with E-state index in [-0.39, 0.29) is 17.2 Å². The third-order valence-electron chi connectivity index (χ3n) is 5.07. The number of hydrogen-bond donors (Lipinski definition) is 0. The molecule has 29 heavy (non-hydrogen) atoms. The molecule has 1 rings (SSSR count). The molecule has 0 amide bonds. The summed E-state index contributed by atoms with van der Waals surface area (Å²) in [7, 11) is 0. The number of benzene rings is 1. The van der Waals surface area contributed by atoms with Crippen LogP contribution >= 0.6 is 0 Å². The van der Waals surface area contributed by atoms with Gasteiger partial charge >= 0.3 is 0 Å². The number of halogens is 3. The Hall–Kier alpha value is -2.23. The van der Waals surface area contributed by atoms with Gasteiger partial charge in [0.05, 0.1) is 6.61 Å². The second-order valence-corrected chi connectivity index (χ2v) is 7.49. The Morgan fingerprint density at radius 1 is 1.10 bits per heavy atom. The molecule has 1 aromatic rings. The molecule has 0 fully saturated rings. The highest BCUT2D eigenvalue weighted by atomic mass is 19.2. The molecule has 0 heterocycles. The average molecular weight is 407 g/mol. The van der Waals surface area contributed by atoms with Gasteiger partial charge in [-0.15, -0.1) is 0 Å². The number of hydrogen-bond acceptors (Lipinski definition) is 1. The van der Waals surface area contributed by atoms with Crippen LogP contribution in [0.2, 0.25) is 0 Å². The van der Waals surface area contributed by atoms with Gasteiger partial charge in [0.2, 0.25) is 0 Å². The summed E-state index contributed by atoms with van der Waals surface area (Å²) in [5.41, 5.74) is 1.35. The minimum Gasteiger partial charge on any atom is -0.491 e. The number of ether oxygens (including phenoxy) is 1. The molecule has 2 unspecified atom stereocenters. The normalized spacial score (nSPS) is 14.1. The molecule has 1 nitrogen and oxygen atoms in total. The van der Waals surface area contributed by atoms with E-state index < -0.39 is 17.5 Å². The topological polar surface area (TPSA) is 9.23 Å².